The molecule has 1 atom stereocenters. The van der Waals surface area contributed by atoms with Crippen LogP contribution in [0.2, 0.25) is 0 Å². The smallest absolute Gasteiger partial charge is 0.210 e. The van der Waals surface area contributed by atoms with Crippen molar-refractivity contribution < 1.29 is 4.79 Å². The van der Waals surface area contributed by atoms with Crippen LogP contribution in [0.5, 0.6) is 0 Å². The number of thiol groups is 1. The Morgan fingerprint density at radius 1 is 1.70 bits per heavy atom. The fourth-order valence-corrected chi connectivity index (χ4v) is 1.36. The molecule has 1 heterocycles. The van der Waals surface area contributed by atoms with Crippen molar-refractivity contribution in [2.24, 2.45) is 5.29 Å². The van der Waals surface area contributed by atoms with Crippen LogP contribution in [0.25, 0.3) is 0 Å². The van der Waals surface area contributed by atoms with E-state index in [9.17, 15) is 9.70 Å². The Morgan fingerprint density at radius 2 is 2.40 bits per heavy atom. The summed E-state index contributed by atoms with van der Waals surface area (Å²) in [4.78, 5) is 20.7. The first-order chi connectivity index (χ1) is 4.75. The van der Waals surface area contributed by atoms with Gasteiger partial charge in [-0.3, -0.25) is 4.79 Å². The van der Waals surface area contributed by atoms with Crippen LogP contribution in [-0.2, 0) is 4.79 Å². The molecule has 10 heavy (non-hydrogen) atoms. The Labute approximate surface area is 63.9 Å². The van der Waals surface area contributed by atoms with E-state index in [0.717, 1.165) is 6.42 Å². The average Bonchev–Trinajstić information content (AvgIpc) is 2.33. The molecule has 1 aliphatic heterocycles. The Hall–Kier alpha value is -0.580. The lowest BCUT2D eigenvalue weighted by Gasteiger charge is -2.12. The third-order valence-electron chi connectivity index (χ3n) is 1.61. The van der Waals surface area contributed by atoms with Crippen molar-refractivity contribution in [3.05, 3.63) is 4.91 Å². The number of nitroso groups, excluding NO2 is 1. The van der Waals surface area contributed by atoms with E-state index in [4.69, 9.17) is 0 Å². The van der Waals surface area contributed by atoms with Crippen LogP contribution in [0, 0.1) is 4.91 Å². The normalized spacial score (nSPS) is 24.9. The van der Waals surface area contributed by atoms with E-state index in [1.807, 2.05) is 0 Å². The minimum Gasteiger partial charge on any atom is -0.285 e. The van der Waals surface area contributed by atoms with Crippen LogP contribution in [0.1, 0.15) is 12.8 Å². The quantitative estimate of drug-likeness (QED) is 0.475. The third-order valence-corrected chi connectivity index (χ3v) is 1.91. The molecule has 0 aromatic rings. The van der Waals surface area contributed by atoms with E-state index < -0.39 is 0 Å². The second kappa shape index (κ2) is 3.01. The van der Waals surface area contributed by atoms with Gasteiger partial charge in [0.05, 0.1) is 5.29 Å². The second-order valence-electron chi connectivity index (χ2n) is 2.24. The lowest BCUT2D eigenvalue weighted by atomic mass is 10.2. The lowest BCUT2D eigenvalue weighted by Crippen LogP contribution is -2.28. The summed E-state index contributed by atoms with van der Waals surface area (Å²) in [5, 5.41) is 3.68. The number of hydrogen-bond donors (Lipinski definition) is 1. The third kappa shape index (κ3) is 1.29. The molecular formula is C5H8N2O2S. The molecule has 0 aromatic carbocycles. The number of nitrogens with zero attached hydrogens (tertiary/aromatic N) is 2. The second-order valence-corrected chi connectivity index (χ2v) is 2.68. The molecule has 0 amide bonds. The number of carbonyl (C=O) groups excluding carboxylic acids is 1. The van der Waals surface area contributed by atoms with Gasteiger partial charge in [0.15, 0.2) is 0 Å². The highest BCUT2D eigenvalue weighted by Crippen LogP contribution is 2.18. The summed E-state index contributed by atoms with van der Waals surface area (Å²) in [6, 6.07) is -0.374. The first-order valence-electron chi connectivity index (χ1n) is 3.08. The van der Waals surface area contributed by atoms with E-state index in [-0.39, 0.29) is 11.2 Å². The Bertz CT molecular complexity index is 162. The van der Waals surface area contributed by atoms with Crippen LogP contribution in [0.4, 0.5) is 0 Å². The maximum Gasteiger partial charge on any atom is 0.210 e. The minimum atomic E-state index is -0.374. The Kier molecular flexibility index (Phi) is 2.26. The highest BCUT2D eigenvalue weighted by Gasteiger charge is 2.28. The topological polar surface area (TPSA) is 49.7 Å². The van der Waals surface area contributed by atoms with Gasteiger partial charge in [-0.25, -0.2) is 5.01 Å². The number of carbonyl (C=O) groups is 1. The van der Waals surface area contributed by atoms with E-state index in [1.165, 1.54) is 5.01 Å². The zero-order valence-corrected chi connectivity index (χ0v) is 6.25. The van der Waals surface area contributed by atoms with E-state index >= 15 is 0 Å². The van der Waals surface area contributed by atoms with Crippen LogP contribution < -0.4 is 0 Å². The monoisotopic (exact) mass is 160 g/mol. The predicted octanol–water partition coefficient (Wildman–Crippen LogP) is 0.589. The van der Waals surface area contributed by atoms with Gasteiger partial charge in [0.25, 0.3) is 0 Å². The van der Waals surface area contributed by atoms with Gasteiger partial charge in [0.2, 0.25) is 5.12 Å². The SMILES string of the molecule is O=NN1CCC[C@H]1C(=O)S. The van der Waals surface area contributed by atoms with Gasteiger partial charge in [-0.05, 0) is 12.8 Å². The van der Waals surface area contributed by atoms with Crippen molar-refractivity contribution in [2.45, 2.75) is 18.9 Å². The summed E-state index contributed by atoms with van der Waals surface area (Å²) >= 11 is 3.63. The molecule has 0 aliphatic carbocycles. The molecule has 0 N–H and O–H groups in total. The molecule has 1 saturated heterocycles. The number of rotatable bonds is 2. The highest BCUT2D eigenvalue weighted by atomic mass is 32.1. The van der Waals surface area contributed by atoms with Crippen LogP contribution in [0.15, 0.2) is 5.29 Å². The molecule has 0 aromatic heterocycles. The summed E-state index contributed by atoms with van der Waals surface area (Å²) in [5.41, 5.74) is 0. The van der Waals surface area contributed by atoms with Gasteiger partial charge < -0.3 is 0 Å². The molecule has 0 spiro atoms. The first kappa shape index (κ1) is 7.53. The van der Waals surface area contributed by atoms with E-state index in [1.54, 1.807) is 0 Å². The zero-order chi connectivity index (χ0) is 7.56. The fourth-order valence-electron chi connectivity index (χ4n) is 1.10. The minimum absolute atomic E-state index is 0.267. The van der Waals surface area contributed by atoms with Gasteiger partial charge in [0, 0.05) is 6.54 Å². The molecule has 1 aliphatic rings. The number of hydrogen-bond acceptors (Lipinski definition) is 3. The van der Waals surface area contributed by atoms with E-state index in [2.05, 4.69) is 17.9 Å². The summed E-state index contributed by atoms with van der Waals surface area (Å²) in [6.45, 7) is 0.584. The van der Waals surface area contributed by atoms with E-state index in [0.29, 0.717) is 13.0 Å². The summed E-state index contributed by atoms with van der Waals surface area (Å²) in [7, 11) is 0. The molecule has 1 rings (SSSR count). The zero-order valence-electron chi connectivity index (χ0n) is 5.36. The molecule has 0 unspecified atom stereocenters. The van der Waals surface area contributed by atoms with Crippen molar-refractivity contribution in [3.63, 3.8) is 0 Å². The standard InChI is InChI=1S/C5H8N2O2S/c8-5(10)4-2-1-3-7(4)6-9/h4H,1-3H2,(H,8,10)/t4-/m0/s1. The summed E-state index contributed by atoms with van der Waals surface area (Å²) < 4.78 is 0. The van der Waals surface area contributed by atoms with Gasteiger partial charge in [0.1, 0.15) is 6.04 Å². The van der Waals surface area contributed by atoms with Gasteiger partial charge in [-0.15, -0.1) is 17.5 Å². The molecule has 1 fully saturated rings. The molecule has 5 heteroatoms. The lowest BCUT2D eigenvalue weighted by molar-refractivity contribution is -0.114. The van der Waals surface area contributed by atoms with Crippen molar-refractivity contribution in [1.82, 2.24) is 5.01 Å². The molecule has 0 saturated carbocycles. The maximum atomic E-state index is 10.6. The van der Waals surface area contributed by atoms with Crippen LogP contribution >= 0.6 is 12.6 Å². The molecule has 0 bridgehead atoms. The predicted molar refractivity (Wildman–Crippen MR) is 39.5 cm³/mol. The van der Waals surface area contributed by atoms with Gasteiger partial charge in [-0.2, -0.15) is 0 Å². The molecule has 56 valence electrons. The first-order valence-corrected chi connectivity index (χ1v) is 3.53. The van der Waals surface area contributed by atoms with Gasteiger partial charge >= 0.3 is 0 Å². The highest BCUT2D eigenvalue weighted by molar-refractivity contribution is 7.96. The van der Waals surface area contributed by atoms with Crippen LogP contribution in [-0.4, -0.2) is 22.7 Å². The van der Waals surface area contributed by atoms with Crippen molar-refractivity contribution in [2.75, 3.05) is 6.54 Å². The average molecular weight is 160 g/mol. The van der Waals surface area contributed by atoms with Crippen molar-refractivity contribution >= 4 is 17.7 Å². The molecule has 0 radical (unpaired) electrons. The fraction of sp³-hybridized carbons (Fsp3) is 0.800. The summed E-state index contributed by atoms with van der Waals surface area (Å²) in [5.74, 6) is 0. The largest absolute Gasteiger partial charge is 0.285 e. The Balaban J connectivity index is 2.58. The molecular weight excluding hydrogens is 152 g/mol. The molecule has 4 nitrogen and oxygen atoms in total. The van der Waals surface area contributed by atoms with Gasteiger partial charge in [-0.1, -0.05) is 0 Å². The van der Waals surface area contributed by atoms with Crippen LogP contribution in [0.3, 0.4) is 0 Å². The summed E-state index contributed by atoms with van der Waals surface area (Å²) in [6.07, 6.45) is 1.55. The van der Waals surface area contributed by atoms with Crippen molar-refractivity contribution in [3.8, 4) is 0 Å². The maximum absolute atomic E-state index is 10.6. The Morgan fingerprint density at radius 3 is 2.80 bits per heavy atom. The van der Waals surface area contributed by atoms with Crippen molar-refractivity contribution in [1.29, 1.82) is 0 Å².